The SMILES string of the molecule is c1ccc(-c2cc(N(c3ccc4c5ccccc5n(-c5ccccc5)c4c3)c3ccccc3-c3ccccc3)ccc2-c2cccc3c2oc2ccccc23)cc1. The van der Waals surface area contributed by atoms with Crippen molar-refractivity contribution in [3.05, 3.63) is 218 Å². The molecule has 0 radical (unpaired) electrons. The fraction of sp³-hybridized carbons (Fsp3) is 0. The zero-order valence-electron chi connectivity index (χ0n) is 31.1. The van der Waals surface area contributed by atoms with E-state index in [9.17, 15) is 0 Å². The van der Waals surface area contributed by atoms with E-state index in [1.165, 1.54) is 16.3 Å². The summed E-state index contributed by atoms with van der Waals surface area (Å²) in [5.74, 6) is 0. The molecule has 0 saturated heterocycles. The van der Waals surface area contributed by atoms with Crippen molar-refractivity contribution >= 4 is 60.8 Å². The summed E-state index contributed by atoms with van der Waals surface area (Å²) in [6, 6.07) is 78.2. The van der Waals surface area contributed by atoms with Crippen molar-refractivity contribution in [2.24, 2.45) is 0 Å². The van der Waals surface area contributed by atoms with Gasteiger partial charge in [0.1, 0.15) is 11.2 Å². The van der Waals surface area contributed by atoms with Gasteiger partial charge in [0, 0.05) is 49.7 Å². The fourth-order valence-electron chi connectivity index (χ4n) is 8.63. The van der Waals surface area contributed by atoms with Crippen molar-refractivity contribution in [3.63, 3.8) is 0 Å². The molecule has 0 spiro atoms. The molecule has 11 aromatic rings. The molecular weight excluding hydrogens is 693 g/mol. The third-order valence-corrected chi connectivity index (χ3v) is 11.2. The Morgan fingerprint density at radius 2 is 0.930 bits per heavy atom. The molecule has 2 aromatic heterocycles. The average Bonchev–Trinajstić information content (AvgIpc) is 3.83. The first-order valence-electron chi connectivity index (χ1n) is 19.4. The summed E-state index contributed by atoms with van der Waals surface area (Å²) in [5.41, 5.74) is 15.2. The van der Waals surface area contributed by atoms with Crippen LogP contribution in [0.3, 0.4) is 0 Å². The van der Waals surface area contributed by atoms with Gasteiger partial charge in [0.05, 0.1) is 16.7 Å². The molecule has 3 nitrogen and oxygen atoms in total. The molecule has 0 saturated carbocycles. The number of fused-ring (bicyclic) bond motifs is 6. The molecule has 0 unspecified atom stereocenters. The Labute approximate surface area is 330 Å². The zero-order chi connectivity index (χ0) is 37.7. The van der Waals surface area contributed by atoms with Crippen molar-refractivity contribution in [1.82, 2.24) is 4.57 Å². The first-order chi connectivity index (χ1) is 28.3. The Kier molecular flexibility index (Phi) is 7.82. The largest absolute Gasteiger partial charge is 0.455 e. The Balaban J connectivity index is 1.19. The summed E-state index contributed by atoms with van der Waals surface area (Å²) < 4.78 is 9.00. The maximum Gasteiger partial charge on any atom is 0.143 e. The maximum absolute atomic E-state index is 6.61. The van der Waals surface area contributed by atoms with Crippen LogP contribution in [0.5, 0.6) is 0 Å². The first kappa shape index (κ1) is 32.8. The molecule has 0 aliphatic heterocycles. The number of nitrogens with zero attached hydrogens (tertiary/aromatic N) is 2. The van der Waals surface area contributed by atoms with Crippen LogP contribution in [0.1, 0.15) is 0 Å². The molecule has 2 heterocycles. The zero-order valence-corrected chi connectivity index (χ0v) is 31.1. The summed E-state index contributed by atoms with van der Waals surface area (Å²) in [6.07, 6.45) is 0. The summed E-state index contributed by atoms with van der Waals surface area (Å²) >= 11 is 0. The van der Waals surface area contributed by atoms with Gasteiger partial charge in [-0.15, -0.1) is 0 Å². The van der Waals surface area contributed by atoms with Crippen molar-refractivity contribution in [3.8, 4) is 39.1 Å². The molecule has 0 amide bonds. The highest BCUT2D eigenvalue weighted by atomic mass is 16.3. The molecule has 0 aliphatic carbocycles. The van der Waals surface area contributed by atoms with Gasteiger partial charge in [0.25, 0.3) is 0 Å². The number of hydrogen-bond acceptors (Lipinski definition) is 2. The van der Waals surface area contributed by atoms with Crippen LogP contribution < -0.4 is 4.90 Å². The molecule has 9 aromatic carbocycles. The predicted molar refractivity (Wildman–Crippen MR) is 239 cm³/mol. The lowest BCUT2D eigenvalue weighted by atomic mass is 9.92. The minimum absolute atomic E-state index is 0.893. The lowest BCUT2D eigenvalue weighted by molar-refractivity contribution is 0.670. The molecule has 11 rings (SSSR count). The normalized spacial score (nSPS) is 11.5. The van der Waals surface area contributed by atoms with E-state index in [0.717, 1.165) is 83.6 Å². The van der Waals surface area contributed by atoms with E-state index in [1.54, 1.807) is 0 Å². The molecule has 268 valence electrons. The van der Waals surface area contributed by atoms with Gasteiger partial charge in [0.15, 0.2) is 0 Å². The fourth-order valence-corrected chi connectivity index (χ4v) is 8.63. The van der Waals surface area contributed by atoms with Gasteiger partial charge in [-0.1, -0.05) is 164 Å². The Morgan fingerprint density at radius 3 is 1.74 bits per heavy atom. The highest BCUT2D eigenvalue weighted by molar-refractivity contribution is 6.12. The number of aromatic nitrogens is 1. The quantitative estimate of drug-likeness (QED) is 0.163. The summed E-state index contributed by atoms with van der Waals surface area (Å²) in [6.45, 7) is 0. The second-order valence-electron chi connectivity index (χ2n) is 14.5. The van der Waals surface area contributed by atoms with E-state index in [4.69, 9.17) is 4.42 Å². The van der Waals surface area contributed by atoms with E-state index in [-0.39, 0.29) is 0 Å². The lowest BCUT2D eigenvalue weighted by Crippen LogP contribution is -2.12. The summed E-state index contributed by atoms with van der Waals surface area (Å²) in [7, 11) is 0. The number of furan rings is 1. The smallest absolute Gasteiger partial charge is 0.143 e. The molecule has 57 heavy (non-hydrogen) atoms. The second-order valence-corrected chi connectivity index (χ2v) is 14.5. The molecule has 3 heteroatoms. The Bertz CT molecular complexity index is 3230. The van der Waals surface area contributed by atoms with E-state index in [0.29, 0.717) is 0 Å². The number of anilines is 3. The van der Waals surface area contributed by atoms with E-state index < -0.39 is 0 Å². The van der Waals surface area contributed by atoms with Gasteiger partial charge < -0.3 is 13.9 Å². The monoisotopic (exact) mass is 728 g/mol. The number of benzene rings is 9. The van der Waals surface area contributed by atoms with E-state index in [2.05, 4.69) is 222 Å². The highest BCUT2D eigenvalue weighted by Gasteiger charge is 2.22. The molecule has 0 bridgehead atoms. The minimum atomic E-state index is 0.893. The van der Waals surface area contributed by atoms with Crippen LogP contribution in [0.4, 0.5) is 17.1 Å². The minimum Gasteiger partial charge on any atom is -0.455 e. The van der Waals surface area contributed by atoms with Gasteiger partial charge in [-0.05, 0) is 76.9 Å². The average molecular weight is 729 g/mol. The molecular formula is C54H36N2O. The van der Waals surface area contributed by atoms with E-state index in [1.807, 2.05) is 6.07 Å². The van der Waals surface area contributed by atoms with Crippen molar-refractivity contribution < 1.29 is 4.42 Å². The summed E-state index contributed by atoms with van der Waals surface area (Å²) in [4.78, 5) is 2.42. The summed E-state index contributed by atoms with van der Waals surface area (Å²) in [5, 5.41) is 4.69. The standard InChI is InChI=1S/C54H36N2O/c1-4-17-37(18-5-1)42-23-10-13-28-50(42)55(41-32-34-45-44-24-11-14-29-51(44)56(52(45)36-41)39-21-8-3-9-22-39)40-31-33-43(49(35-40)38-19-6-2-7-20-38)47-26-16-27-48-46-25-12-15-30-53(46)57-54(47)48/h1-36H. The Hall–Kier alpha value is -7.62. The van der Waals surface area contributed by atoms with Crippen LogP contribution in [0.2, 0.25) is 0 Å². The molecule has 0 aliphatic rings. The van der Waals surface area contributed by atoms with Crippen molar-refractivity contribution in [2.45, 2.75) is 0 Å². The third-order valence-electron chi connectivity index (χ3n) is 11.2. The number of para-hydroxylation sites is 5. The Morgan fingerprint density at radius 1 is 0.351 bits per heavy atom. The topological polar surface area (TPSA) is 21.3 Å². The van der Waals surface area contributed by atoms with Crippen molar-refractivity contribution in [2.75, 3.05) is 4.90 Å². The van der Waals surface area contributed by atoms with Crippen LogP contribution in [0.15, 0.2) is 223 Å². The molecule has 0 atom stereocenters. The first-order valence-corrected chi connectivity index (χ1v) is 19.4. The maximum atomic E-state index is 6.61. The second kappa shape index (κ2) is 13.6. The predicted octanol–water partition coefficient (Wildman–Crippen LogP) is 15.2. The third kappa shape index (κ3) is 5.51. The van der Waals surface area contributed by atoms with Gasteiger partial charge in [-0.3, -0.25) is 0 Å². The van der Waals surface area contributed by atoms with Gasteiger partial charge in [-0.2, -0.15) is 0 Å². The number of hydrogen-bond donors (Lipinski definition) is 0. The van der Waals surface area contributed by atoms with Crippen LogP contribution in [0, 0.1) is 0 Å². The highest BCUT2D eigenvalue weighted by Crippen LogP contribution is 2.47. The van der Waals surface area contributed by atoms with Crippen LogP contribution >= 0.6 is 0 Å². The van der Waals surface area contributed by atoms with Gasteiger partial charge in [0.2, 0.25) is 0 Å². The number of rotatable bonds is 7. The van der Waals surface area contributed by atoms with Gasteiger partial charge in [-0.25, -0.2) is 0 Å². The van der Waals surface area contributed by atoms with E-state index >= 15 is 0 Å². The van der Waals surface area contributed by atoms with Crippen LogP contribution in [-0.4, -0.2) is 4.57 Å². The molecule has 0 fully saturated rings. The molecule has 0 N–H and O–H groups in total. The van der Waals surface area contributed by atoms with Crippen molar-refractivity contribution in [1.29, 1.82) is 0 Å². The van der Waals surface area contributed by atoms with Crippen LogP contribution in [-0.2, 0) is 0 Å². The van der Waals surface area contributed by atoms with Crippen LogP contribution in [0.25, 0.3) is 82.8 Å². The lowest BCUT2D eigenvalue weighted by Gasteiger charge is -2.29. The van der Waals surface area contributed by atoms with Gasteiger partial charge >= 0.3 is 0 Å².